The molecule has 3 aromatic carbocycles. The Bertz CT molecular complexity index is 1310. The molecule has 0 unspecified atom stereocenters. The summed E-state index contributed by atoms with van der Waals surface area (Å²) in [6.45, 7) is 1.67. The summed E-state index contributed by atoms with van der Waals surface area (Å²) in [7, 11) is -3.80. The molecule has 4 aromatic rings. The molecule has 2 N–H and O–H groups in total. The molecule has 0 saturated heterocycles. The number of carbonyl (C=O) groups is 1. The van der Waals surface area contributed by atoms with Gasteiger partial charge in [-0.25, -0.2) is 8.42 Å². The van der Waals surface area contributed by atoms with Crippen molar-refractivity contribution in [3.63, 3.8) is 0 Å². The van der Waals surface area contributed by atoms with Gasteiger partial charge in [-0.3, -0.25) is 9.52 Å². The monoisotopic (exact) mass is 421 g/mol. The van der Waals surface area contributed by atoms with Crippen molar-refractivity contribution in [2.24, 2.45) is 0 Å². The average molecular weight is 421 g/mol. The lowest BCUT2D eigenvalue weighted by atomic mass is 10.0. The van der Waals surface area contributed by atoms with E-state index in [4.69, 9.17) is 4.52 Å². The smallest absolute Gasteiger partial charge is 0.263 e. The quantitative estimate of drug-likeness (QED) is 0.488. The van der Waals surface area contributed by atoms with Crippen LogP contribution in [0.4, 0.5) is 11.5 Å². The number of amides is 1. The maximum atomic E-state index is 12.5. The molecule has 0 atom stereocenters. The summed E-state index contributed by atoms with van der Waals surface area (Å²) in [5.74, 6) is 0.426. The maximum Gasteiger partial charge on any atom is 0.263 e. The van der Waals surface area contributed by atoms with Crippen LogP contribution in [0.1, 0.15) is 11.3 Å². The number of aryl methyl sites for hydroxylation is 1. The lowest BCUT2D eigenvalue weighted by Gasteiger charge is -2.09. The van der Waals surface area contributed by atoms with E-state index in [-0.39, 0.29) is 23.0 Å². The molecule has 4 rings (SSSR count). The SMILES string of the molecule is Cc1cc(NS(=O)(=O)c2ccc(NC(=O)Cc3cccc4ccccc34)cc2)no1. The van der Waals surface area contributed by atoms with Gasteiger partial charge < -0.3 is 9.84 Å². The van der Waals surface area contributed by atoms with Gasteiger partial charge in [0.15, 0.2) is 5.82 Å². The molecule has 0 aliphatic carbocycles. The molecular weight excluding hydrogens is 402 g/mol. The van der Waals surface area contributed by atoms with Crippen molar-refractivity contribution in [3.8, 4) is 0 Å². The minimum atomic E-state index is -3.80. The van der Waals surface area contributed by atoms with Crippen LogP contribution in [0.3, 0.4) is 0 Å². The summed E-state index contributed by atoms with van der Waals surface area (Å²) < 4.78 is 32.1. The molecule has 7 nitrogen and oxygen atoms in total. The van der Waals surface area contributed by atoms with E-state index < -0.39 is 10.0 Å². The Labute approximate surface area is 173 Å². The van der Waals surface area contributed by atoms with Crippen LogP contribution in [0.15, 0.2) is 82.2 Å². The first-order valence-corrected chi connectivity index (χ1v) is 10.7. The molecule has 0 fully saturated rings. The second-order valence-electron chi connectivity index (χ2n) is 6.82. The molecule has 1 heterocycles. The Balaban J connectivity index is 1.44. The van der Waals surface area contributed by atoms with Gasteiger partial charge in [0.2, 0.25) is 5.91 Å². The van der Waals surface area contributed by atoms with Crippen LogP contribution < -0.4 is 10.0 Å². The molecule has 30 heavy (non-hydrogen) atoms. The molecule has 8 heteroatoms. The molecule has 152 valence electrons. The van der Waals surface area contributed by atoms with Gasteiger partial charge in [-0.05, 0) is 47.5 Å². The normalized spacial score (nSPS) is 11.4. The molecular formula is C22H19N3O4S. The summed E-state index contributed by atoms with van der Waals surface area (Å²) >= 11 is 0. The number of fused-ring (bicyclic) bond motifs is 1. The highest BCUT2D eigenvalue weighted by Crippen LogP contribution is 2.21. The number of nitrogens with zero attached hydrogens (tertiary/aromatic N) is 1. The summed E-state index contributed by atoms with van der Waals surface area (Å²) in [5, 5.41) is 8.54. The first-order chi connectivity index (χ1) is 14.4. The molecule has 1 aromatic heterocycles. The Kier molecular flexibility index (Phi) is 5.24. The number of aromatic nitrogens is 1. The minimum absolute atomic E-state index is 0.0511. The maximum absolute atomic E-state index is 12.5. The van der Waals surface area contributed by atoms with Gasteiger partial charge in [0.25, 0.3) is 10.0 Å². The number of benzene rings is 3. The van der Waals surface area contributed by atoms with E-state index in [0.717, 1.165) is 16.3 Å². The van der Waals surface area contributed by atoms with Crippen molar-refractivity contribution in [2.45, 2.75) is 18.2 Å². The van der Waals surface area contributed by atoms with E-state index in [9.17, 15) is 13.2 Å². The van der Waals surface area contributed by atoms with Crippen molar-refractivity contribution in [2.75, 3.05) is 10.0 Å². The Hall–Kier alpha value is -3.65. The highest BCUT2D eigenvalue weighted by atomic mass is 32.2. The van der Waals surface area contributed by atoms with Gasteiger partial charge in [0.05, 0.1) is 11.3 Å². The Morgan fingerprint density at radius 2 is 1.73 bits per heavy atom. The minimum Gasteiger partial charge on any atom is -0.360 e. The van der Waals surface area contributed by atoms with Crippen LogP contribution in [-0.2, 0) is 21.2 Å². The molecule has 0 bridgehead atoms. The highest BCUT2D eigenvalue weighted by Gasteiger charge is 2.16. The van der Waals surface area contributed by atoms with E-state index in [1.165, 1.54) is 18.2 Å². The van der Waals surface area contributed by atoms with Gasteiger partial charge in [0.1, 0.15) is 5.76 Å². The van der Waals surface area contributed by atoms with E-state index >= 15 is 0 Å². The van der Waals surface area contributed by atoms with Crippen molar-refractivity contribution in [3.05, 3.63) is 84.1 Å². The number of nitrogens with one attached hydrogen (secondary N) is 2. The zero-order chi connectivity index (χ0) is 21.1. The van der Waals surface area contributed by atoms with Crippen LogP contribution in [0.2, 0.25) is 0 Å². The second kappa shape index (κ2) is 8.00. The lowest BCUT2D eigenvalue weighted by Crippen LogP contribution is -2.15. The predicted octanol–water partition coefficient (Wildman–Crippen LogP) is 4.12. The standard InChI is InChI=1S/C22H19N3O4S/c1-15-13-21(24-29-15)25-30(27,28)19-11-9-18(10-12-19)23-22(26)14-17-7-4-6-16-5-2-3-8-20(16)17/h2-13H,14H2,1H3,(H,23,26)(H,24,25). The van der Waals surface area contributed by atoms with Crippen molar-refractivity contribution in [1.82, 2.24) is 5.16 Å². The van der Waals surface area contributed by atoms with Gasteiger partial charge in [-0.15, -0.1) is 0 Å². The van der Waals surface area contributed by atoms with Crippen molar-refractivity contribution < 1.29 is 17.7 Å². The summed E-state index contributed by atoms with van der Waals surface area (Å²) in [4.78, 5) is 12.5. The zero-order valence-electron chi connectivity index (χ0n) is 16.1. The molecule has 1 amide bonds. The lowest BCUT2D eigenvalue weighted by molar-refractivity contribution is -0.115. The number of rotatable bonds is 6. The Morgan fingerprint density at radius 1 is 1.00 bits per heavy atom. The zero-order valence-corrected chi connectivity index (χ0v) is 16.9. The first kappa shape index (κ1) is 19.7. The van der Waals surface area contributed by atoms with Crippen LogP contribution in [-0.4, -0.2) is 19.5 Å². The fraction of sp³-hybridized carbons (Fsp3) is 0.0909. The number of sulfonamides is 1. The van der Waals surface area contributed by atoms with Crippen LogP contribution in [0.25, 0.3) is 10.8 Å². The molecule has 0 aliphatic heterocycles. The Morgan fingerprint density at radius 3 is 2.47 bits per heavy atom. The third-order valence-corrected chi connectivity index (χ3v) is 5.92. The third-order valence-electron chi connectivity index (χ3n) is 4.55. The summed E-state index contributed by atoms with van der Waals surface area (Å²) in [6, 6.07) is 21.2. The summed E-state index contributed by atoms with van der Waals surface area (Å²) in [5.41, 5.74) is 1.44. The van der Waals surface area contributed by atoms with Crippen LogP contribution in [0.5, 0.6) is 0 Å². The van der Waals surface area contributed by atoms with Gasteiger partial charge in [0, 0.05) is 11.8 Å². The predicted molar refractivity (Wildman–Crippen MR) is 115 cm³/mol. The average Bonchev–Trinajstić information content (AvgIpc) is 3.12. The van der Waals surface area contributed by atoms with E-state index in [1.807, 2.05) is 42.5 Å². The number of hydrogen-bond acceptors (Lipinski definition) is 5. The van der Waals surface area contributed by atoms with Crippen LogP contribution >= 0.6 is 0 Å². The molecule has 0 aliphatic rings. The van der Waals surface area contributed by atoms with E-state index in [1.54, 1.807) is 19.1 Å². The number of hydrogen-bond donors (Lipinski definition) is 2. The van der Waals surface area contributed by atoms with E-state index in [2.05, 4.69) is 15.2 Å². The van der Waals surface area contributed by atoms with Crippen LogP contribution in [0, 0.1) is 6.92 Å². The van der Waals surface area contributed by atoms with Gasteiger partial charge >= 0.3 is 0 Å². The first-order valence-electron chi connectivity index (χ1n) is 9.23. The highest BCUT2D eigenvalue weighted by molar-refractivity contribution is 7.92. The molecule has 0 saturated carbocycles. The van der Waals surface area contributed by atoms with Gasteiger partial charge in [-0.2, -0.15) is 0 Å². The van der Waals surface area contributed by atoms with E-state index in [0.29, 0.717) is 11.4 Å². The number of anilines is 2. The number of carbonyl (C=O) groups excluding carboxylic acids is 1. The molecule has 0 radical (unpaired) electrons. The topological polar surface area (TPSA) is 101 Å². The second-order valence-corrected chi connectivity index (χ2v) is 8.50. The fourth-order valence-corrected chi connectivity index (χ4v) is 4.14. The largest absolute Gasteiger partial charge is 0.360 e. The third kappa shape index (κ3) is 4.33. The molecule has 0 spiro atoms. The van der Waals surface area contributed by atoms with Gasteiger partial charge in [-0.1, -0.05) is 47.6 Å². The summed E-state index contributed by atoms with van der Waals surface area (Å²) in [6.07, 6.45) is 0.217. The fourth-order valence-electron chi connectivity index (χ4n) is 3.15. The van der Waals surface area contributed by atoms with Crippen molar-refractivity contribution >= 4 is 38.2 Å². The van der Waals surface area contributed by atoms with Crippen molar-refractivity contribution in [1.29, 1.82) is 0 Å².